The second kappa shape index (κ2) is 9.80. The summed E-state index contributed by atoms with van der Waals surface area (Å²) in [6, 6.07) is 13.3. The molecule has 0 atom stereocenters. The lowest BCUT2D eigenvalue weighted by molar-refractivity contribution is -0.124. The molecule has 0 aliphatic carbocycles. The van der Waals surface area contributed by atoms with Gasteiger partial charge in [-0.2, -0.15) is 5.10 Å². The minimum Gasteiger partial charge on any atom is -0.452 e. The summed E-state index contributed by atoms with van der Waals surface area (Å²) in [6.07, 6.45) is 1.51. The maximum Gasteiger partial charge on any atom is 0.342 e. The molecular weight excluding hydrogens is 389 g/mol. The Morgan fingerprint density at radius 2 is 1.93 bits per heavy atom. The molecule has 0 radical (unpaired) electrons. The lowest BCUT2D eigenvalue weighted by Gasteiger charge is -2.06. The number of hydrogen-bond donors (Lipinski definition) is 1. The van der Waals surface area contributed by atoms with Crippen LogP contribution in [0.4, 0.5) is 4.39 Å². The second-order valence-corrected chi connectivity index (χ2v) is 6.60. The zero-order valence-electron chi connectivity index (χ0n) is 16.7. The van der Waals surface area contributed by atoms with Gasteiger partial charge in [0.15, 0.2) is 6.61 Å². The number of carbonyl (C=O) groups is 2. The molecule has 3 rings (SSSR count). The molecule has 1 amide bonds. The molecule has 1 aromatic heterocycles. The van der Waals surface area contributed by atoms with Crippen LogP contribution in [-0.4, -0.2) is 48.5 Å². The summed E-state index contributed by atoms with van der Waals surface area (Å²) in [7, 11) is 1.53. The standard InChI is InChI=1S/C22H22FN3O4/c1-15-4-3-5-16(12-15)21-19(22(28)30-14-20(27)24-10-11-29-2)13-26(25-21)18-8-6-17(23)7-9-18/h3-9,12-13H,10-11,14H2,1-2H3,(H,24,27). The van der Waals surface area contributed by atoms with Crippen LogP contribution in [-0.2, 0) is 14.3 Å². The molecule has 0 spiro atoms. The Kier molecular flexibility index (Phi) is 6.92. The first-order chi connectivity index (χ1) is 14.5. The Labute approximate surface area is 173 Å². The Morgan fingerprint density at radius 1 is 1.17 bits per heavy atom. The number of amides is 1. The Morgan fingerprint density at radius 3 is 2.63 bits per heavy atom. The first kappa shape index (κ1) is 21.2. The number of carbonyl (C=O) groups excluding carboxylic acids is 2. The number of hydrogen-bond acceptors (Lipinski definition) is 5. The number of esters is 1. The molecule has 8 heteroatoms. The molecule has 30 heavy (non-hydrogen) atoms. The van der Waals surface area contributed by atoms with E-state index in [1.54, 1.807) is 12.1 Å². The van der Waals surface area contributed by atoms with Crippen LogP contribution in [0.2, 0.25) is 0 Å². The van der Waals surface area contributed by atoms with Crippen LogP contribution in [0.1, 0.15) is 15.9 Å². The summed E-state index contributed by atoms with van der Waals surface area (Å²) in [4.78, 5) is 24.5. The van der Waals surface area contributed by atoms with Gasteiger partial charge in [-0.1, -0.05) is 23.8 Å². The van der Waals surface area contributed by atoms with E-state index in [4.69, 9.17) is 9.47 Å². The highest BCUT2D eigenvalue weighted by Crippen LogP contribution is 2.25. The van der Waals surface area contributed by atoms with Crippen molar-refractivity contribution in [3.8, 4) is 16.9 Å². The minimum atomic E-state index is -0.679. The fraction of sp³-hybridized carbons (Fsp3) is 0.227. The van der Waals surface area contributed by atoms with Gasteiger partial charge in [0.25, 0.3) is 5.91 Å². The van der Waals surface area contributed by atoms with Gasteiger partial charge >= 0.3 is 5.97 Å². The van der Waals surface area contributed by atoms with Crippen molar-refractivity contribution in [1.82, 2.24) is 15.1 Å². The fourth-order valence-corrected chi connectivity index (χ4v) is 2.81. The average molecular weight is 411 g/mol. The third kappa shape index (κ3) is 5.30. The number of ether oxygens (including phenoxy) is 2. The summed E-state index contributed by atoms with van der Waals surface area (Å²) >= 11 is 0. The minimum absolute atomic E-state index is 0.203. The number of nitrogens with one attached hydrogen (secondary N) is 1. The first-order valence-electron chi connectivity index (χ1n) is 9.33. The molecule has 1 heterocycles. The van der Waals surface area contributed by atoms with Crippen LogP contribution in [0.15, 0.2) is 54.7 Å². The molecule has 156 valence electrons. The largest absolute Gasteiger partial charge is 0.452 e. The van der Waals surface area contributed by atoms with Crippen LogP contribution in [0, 0.1) is 12.7 Å². The highest BCUT2D eigenvalue weighted by atomic mass is 19.1. The van der Waals surface area contributed by atoms with E-state index in [2.05, 4.69) is 10.4 Å². The maximum absolute atomic E-state index is 13.3. The number of halogens is 1. The van der Waals surface area contributed by atoms with Gasteiger partial charge in [-0.05, 0) is 37.3 Å². The Hall–Kier alpha value is -3.52. The molecule has 0 bridgehead atoms. The topological polar surface area (TPSA) is 82.5 Å². The van der Waals surface area contributed by atoms with E-state index in [1.807, 2.05) is 31.2 Å². The lowest BCUT2D eigenvalue weighted by Crippen LogP contribution is -2.31. The van der Waals surface area contributed by atoms with Crippen molar-refractivity contribution in [2.75, 3.05) is 26.9 Å². The van der Waals surface area contributed by atoms with Gasteiger partial charge in [0.1, 0.15) is 17.1 Å². The first-order valence-corrected chi connectivity index (χ1v) is 9.33. The third-order valence-electron chi connectivity index (χ3n) is 4.28. The molecular formula is C22H22FN3O4. The van der Waals surface area contributed by atoms with E-state index in [9.17, 15) is 14.0 Å². The number of aromatic nitrogens is 2. The number of aryl methyl sites for hydroxylation is 1. The van der Waals surface area contributed by atoms with E-state index < -0.39 is 18.5 Å². The SMILES string of the molecule is COCCNC(=O)COC(=O)c1cn(-c2ccc(F)cc2)nc1-c1cccc(C)c1. The highest BCUT2D eigenvalue weighted by molar-refractivity contribution is 5.97. The normalized spacial score (nSPS) is 10.6. The van der Waals surface area contributed by atoms with Crippen molar-refractivity contribution >= 4 is 11.9 Å². The summed E-state index contributed by atoms with van der Waals surface area (Å²) in [5, 5.41) is 7.09. The van der Waals surface area contributed by atoms with E-state index >= 15 is 0 Å². The number of methoxy groups -OCH3 is 1. The molecule has 3 aromatic rings. The van der Waals surface area contributed by atoms with Crippen LogP contribution in [0.5, 0.6) is 0 Å². The molecule has 0 aliphatic heterocycles. The van der Waals surface area contributed by atoms with Gasteiger partial charge in [-0.25, -0.2) is 13.9 Å². The molecule has 0 saturated carbocycles. The average Bonchev–Trinajstić information content (AvgIpc) is 3.18. The van der Waals surface area contributed by atoms with Crippen molar-refractivity contribution in [1.29, 1.82) is 0 Å². The zero-order valence-corrected chi connectivity index (χ0v) is 16.7. The van der Waals surface area contributed by atoms with Crippen LogP contribution in [0.25, 0.3) is 16.9 Å². The van der Waals surface area contributed by atoms with Gasteiger partial charge in [0.05, 0.1) is 12.3 Å². The maximum atomic E-state index is 13.3. The predicted octanol–water partition coefficient (Wildman–Crippen LogP) is 2.91. The van der Waals surface area contributed by atoms with Gasteiger partial charge in [0, 0.05) is 25.4 Å². The lowest BCUT2D eigenvalue weighted by atomic mass is 10.1. The van der Waals surface area contributed by atoms with E-state index in [-0.39, 0.29) is 11.4 Å². The van der Waals surface area contributed by atoms with E-state index in [0.29, 0.717) is 24.5 Å². The van der Waals surface area contributed by atoms with E-state index in [1.165, 1.54) is 30.1 Å². The van der Waals surface area contributed by atoms with E-state index in [0.717, 1.165) is 11.1 Å². The molecule has 0 unspecified atom stereocenters. The number of benzene rings is 2. The summed E-state index contributed by atoms with van der Waals surface area (Å²) in [6.45, 7) is 2.20. The van der Waals surface area contributed by atoms with Crippen LogP contribution < -0.4 is 5.32 Å². The van der Waals surface area contributed by atoms with Crippen molar-refractivity contribution in [2.45, 2.75) is 6.92 Å². The summed E-state index contributed by atoms with van der Waals surface area (Å²) in [5.41, 5.74) is 2.93. The van der Waals surface area contributed by atoms with Gasteiger partial charge in [-0.3, -0.25) is 4.79 Å². The number of rotatable bonds is 8. The van der Waals surface area contributed by atoms with Gasteiger partial charge in [-0.15, -0.1) is 0 Å². The number of nitrogens with zero attached hydrogens (tertiary/aromatic N) is 2. The summed E-state index contributed by atoms with van der Waals surface area (Å²) in [5.74, 6) is -1.48. The van der Waals surface area contributed by atoms with Gasteiger partial charge in [0.2, 0.25) is 0 Å². The third-order valence-corrected chi connectivity index (χ3v) is 4.28. The smallest absolute Gasteiger partial charge is 0.342 e. The molecule has 0 aliphatic rings. The second-order valence-electron chi connectivity index (χ2n) is 6.60. The quantitative estimate of drug-likeness (QED) is 0.455. The van der Waals surface area contributed by atoms with Crippen molar-refractivity contribution in [2.24, 2.45) is 0 Å². The molecule has 7 nitrogen and oxygen atoms in total. The Balaban J connectivity index is 1.86. The molecule has 1 N–H and O–H groups in total. The van der Waals surface area contributed by atoms with Crippen molar-refractivity contribution in [3.63, 3.8) is 0 Å². The van der Waals surface area contributed by atoms with Crippen LogP contribution >= 0.6 is 0 Å². The van der Waals surface area contributed by atoms with Crippen molar-refractivity contribution < 1.29 is 23.5 Å². The molecule has 0 fully saturated rings. The monoisotopic (exact) mass is 411 g/mol. The van der Waals surface area contributed by atoms with Gasteiger partial charge < -0.3 is 14.8 Å². The Bertz CT molecular complexity index is 1030. The molecule has 2 aromatic carbocycles. The molecule has 0 saturated heterocycles. The highest BCUT2D eigenvalue weighted by Gasteiger charge is 2.21. The van der Waals surface area contributed by atoms with Crippen LogP contribution in [0.3, 0.4) is 0 Å². The fourth-order valence-electron chi connectivity index (χ4n) is 2.81. The zero-order chi connectivity index (χ0) is 21.5. The summed E-state index contributed by atoms with van der Waals surface area (Å²) < 4.78 is 24.8. The predicted molar refractivity (Wildman–Crippen MR) is 109 cm³/mol. The van der Waals surface area contributed by atoms with Crippen molar-refractivity contribution in [3.05, 3.63) is 71.7 Å².